The van der Waals surface area contributed by atoms with E-state index in [-0.39, 0.29) is 47.9 Å². The second-order valence-corrected chi connectivity index (χ2v) is 17.6. The van der Waals surface area contributed by atoms with E-state index in [1.807, 2.05) is 15.8 Å². The number of imide groups is 2. The Bertz CT molecular complexity index is 2600. The number of ether oxygens (including phenoxy) is 1. The molecule has 0 spiro atoms. The van der Waals surface area contributed by atoms with Gasteiger partial charge in [-0.2, -0.15) is 5.10 Å². The molecule has 2 aromatic heterocycles. The molecule has 4 aromatic rings. The van der Waals surface area contributed by atoms with Crippen LogP contribution in [0.5, 0.6) is 0 Å². The van der Waals surface area contributed by atoms with Crippen molar-refractivity contribution >= 4 is 52.9 Å². The number of rotatable bonds is 13. The van der Waals surface area contributed by atoms with Gasteiger partial charge in [0.25, 0.3) is 17.7 Å². The third-order valence-corrected chi connectivity index (χ3v) is 13.3. The van der Waals surface area contributed by atoms with Gasteiger partial charge in [-0.05, 0) is 75.3 Å². The molecule has 5 aliphatic rings. The number of hydrogen-bond donors (Lipinski definition) is 3. The number of hydrogen-bond acceptors (Lipinski definition) is 14. The van der Waals surface area contributed by atoms with E-state index in [9.17, 15) is 38.0 Å². The quantitative estimate of drug-likeness (QED) is 0.129. The smallest absolute Gasteiger partial charge is 0.361 e. The molecule has 19 nitrogen and oxygen atoms in total. The first-order chi connectivity index (χ1) is 32.4. The first kappa shape index (κ1) is 44.8. The van der Waals surface area contributed by atoms with E-state index in [4.69, 9.17) is 10.5 Å². The SMILES string of the molecule is Nc1ncc(-c2cnn(C3CCN(CCC4CCN(C(=O)C5CN(C6=CC(=O)N(C7CCC(=O)NC7=O)C6=O)C5)CC4)CC3)c2)nc1C(=O)O[C@@H](C(=O)Nc1ccc(F)cc1)c1ccccc1. The zero-order valence-electron chi connectivity index (χ0n) is 36.6. The molecule has 5 aliphatic heterocycles. The highest BCUT2D eigenvalue weighted by molar-refractivity contribution is 6.18. The van der Waals surface area contributed by atoms with Crippen LogP contribution in [0.1, 0.15) is 73.1 Å². The van der Waals surface area contributed by atoms with Gasteiger partial charge in [0.1, 0.15) is 17.6 Å². The van der Waals surface area contributed by atoms with Gasteiger partial charge in [0.05, 0.1) is 30.0 Å². The fraction of sp³-hybridized carbons (Fsp3) is 0.404. The maximum atomic E-state index is 13.6. The topological polar surface area (TPSA) is 235 Å². The average Bonchev–Trinajstić information content (AvgIpc) is 3.92. The van der Waals surface area contributed by atoms with Crippen molar-refractivity contribution in [3.05, 3.63) is 102 Å². The minimum Gasteiger partial charge on any atom is -0.442 e. The van der Waals surface area contributed by atoms with Gasteiger partial charge < -0.3 is 30.5 Å². The van der Waals surface area contributed by atoms with E-state index < -0.39 is 53.5 Å². The first-order valence-corrected chi connectivity index (χ1v) is 22.6. The third kappa shape index (κ3) is 9.79. The Morgan fingerprint density at radius 2 is 1.64 bits per heavy atom. The summed E-state index contributed by atoms with van der Waals surface area (Å²) in [5.41, 5.74) is 7.75. The minimum atomic E-state index is -1.37. The summed E-state index contributed by atoms with van der Waals surface area (Å²) in [6.07, 6.45) is 9.65. The van der Waals surface area contributed by atoms with Gasteiger partial charge in [-0.25, -0.2) is 19.2 Å². The lowest BCUT2D eigenvalue weighted by atomic mass is 9.90. The molecule has 2 aromatic carbocycles. The fourth-order valence-corrected chi connectivity index (χ4v) is 9.39. The second kappa shape index (κ2) is 19.2. The van der Waals surface area contributed by atoms with Crippen molar-refractivity contribution in [1.29, 1.82) is 0 Å². The van der Waals surface area contributed by atoms with Gasteiger partial charge >= 0.3 is 5.97 Å². The van der Waals surface area contributed by atoms with E-state index in [2.05, 4.69) is 30.6 Å². The van der Waals surface area contributed by atoms with Crippen molar-refractivity contribution in [2.45, 2.75) is 63.1 Å². The summed E-state index contributed by atoms with van der Waals surface area (Å²) < 4.78 is 21.1. The maximum absolute atomic E-state index is 13.6. The number of piperidine rings is 3. The highest BCUT2D eigenvalue weighted by atomic mass is 19.1. The van der Waals surface area contributed by atoms with Crippen LogP contribution in [0.4, 0.5) is 15.9 Å². The van der Waals surface area contributed by atoms with Crippen LogP contribution < -0.4 is 16.4 Å². The molecule has 2 atom stereocenters. The van der Waals surface area contributed by atoms with Crippen LogP contribution in [-0.4, -0.2) is 133 Å². The van der Waals surface area contributed by atoms with Gasteiger partial charge in [0.2, 0.25) is 23.8 Å². The zero-order chi connectivity index (χ0) is 46.8. The molecule has 6 amide bonds. The number of nitrogen functional groups attached to an aromatic ring is 1. The number of carbonyl (C=O) groups is 7. The summed E-state index contributed by atoms with van der Waals surface area (Å²) in [5.74, 6) is -4.17. The Hall–Kier alpha value is -7.35. The molecule has 4 saturated heterocycles. The molecule has 4 fully saturated rings. The number of nitrogens with zero attached hydrogens (tertiary/aromatic N) is 8. The zero-order valence-corrected chi connectivity index (χ0v) is 36.6. The molecule has 0 bridgehead atoms. The second-order valence-electron chi connectivity index (χ2n) is 17.6. The predicted molar refractivity (Wildman–Crippen MR) is 237 cm³/mol. The molecule has 1 unspecified atom stereocenters. The summed E-state index contributed by atoms with van der Waals surface area (Å²) in [6, 6.07) is 12.8. The molecule has 0 aliphatic carbocycles. The molecular weight excluding hydrogens is 866 g/mol. The van der Waals surface area contributed by atoms with Crippen molar-refractivity contribution in [1.82, 2.24) is 44.7 Å². The van der Waals surface area contributed by atoms with Crippen LogP contribution in [0, 0.1) is 17.7 Å². The third-order valence-electron chi connectivity index (χ3n) is 13.3. The van der Waals surface area contributed by atoms with Crippen molar-refractivity contribution in [2.75, 3.05) is 56.9 Å². The molecular formula is C47H50FN11O8. The number of nitrogens with two attached hydrogens (primary N) is 1. The van der Waals surface area contributed by atoms with Crippen LogP contribution in [0.3, 0.4) is 0 Å². The van der Waals surface area contributed by atoms with E-state index in [1.165, 1.54) is 36.5 Å². The lowest BCUT2D eigenvalue weighted by molar-refractivity contribution is -0.151. The summed E-state index contributed by atoms with van der Waals surface area (Å²) in [5, 5.41) is 9.48. The molecule has 7 heterocycles. The van der Waals surface area contributed by atoms with Gasteiger partial charge in [-0.1, -0.05) is 30.3 Å². The van der Waals surface area contributed by atoms with Gasteiger partial charge in [-0.15, -0.1) is 0 Å². The number of carbonyl (C=O) groups excluding carboxylic acids is 7. The minimum absolute atomic E-state index is 0.0535. The standard InChI is InChI=1S/C47H50FN11O8/c48-32-6-8-33(9-7-32)52-44(63)41(29-4-2-1-3-5-29)67-47(66)40-42(49)50-24-35(53-40)30-23-51-58(27-30)34-15-18-55(19-16-34)17-12-28-13-20-56(21-14-28)45(64)31-25-57(26-31)37-22-39(61)59(46(37)65)36-10-11-38(60)54-43(36)62/h1-9,22-24,27-28,31,34,36,41H,10-21,25-26H2,(H2,49,50)(H,52,63)(H,54,60,62)/t36?,41-/m1/s1. The summed E-state index contributed by atoms with van der Waals surface area (Å²) in [6.45, 7) is 4.79. The average molecular weight is 916 g/mol. The number of benzene rings is 2. The number of halogens is 1. The number of nitrogens with one attached hydrogen (secondary N) is 2. The molecule has 0 saturated carbocycles. The number of anilines is 2. The van der Waals surface area contributed by atoms with Crippen molar-refractivity contribution < 1.29 is 42.7 Å². The number of esters is 1. The van der Waals surface area contributed by atoms with E-state index in [1.54, 1.807) is 41.4 Å². The van der Waals surface area contributed by atoms with Crippen LogP contribution in [0.25, 0.3) is 11.3 Å². The predicted octanol–water partition coefficient (Wildman–Crippen LogP) is 2.85. The Balaban J connectivity index is 0.713. The molecule has 4 N–H and O–H groups in total. The molecule has 20 heteroatoms. The highest BCUT2D eigenvalue weighted by Crippen LogP contribution is 2.32. The fourth-order valence-electron chi connectivity index (χ4n) is 9.39. The number of likely N-dealkylation sites (tertiary alicyclic amines) is 3. The van der Waals surface area contributed by atoms with Gasteiger partial charge in [0, 0.05) is 74.8 Å². The molecule has 348 valence electrons. The monoisotopic (exact) mass is 915 g/mol. The summed E-state index contributed by atoms with van der Waals surface area (Å²) in [4.78, 5) is 106. The molecule has 9 rings (SSSR count). The van der Waals surface area contributed by atoms with E-state index >= 15 is 0 Å². The van der Waals surface area contributed by atoms with Crippen molar-refractivity contribution in [3.63, 3.8) is 0 Å². The summed E-state index contributed by atoms with van der Waals surface area (Å²) in [7, 11) is 0. The maximum Gasteiger partial charge on any atom is 0.361 e. The Kier molecular flexibility index (Phi) is 12.9. The lowest BCUT2D eigenvalue weighted by Crippen LogP contribution is -2.57. The first-order valence-electron chi connectivity index (χ1n) is 22.6. The largest absolute Gasteiger partial charge is 0.442 e. The van der Waals surface area contributed by atoms with Gasteiger partial charge in [-0.3, -0.25) is 43.7 Å². The molecule has 0 radical (unpaired) electrons. The highest BCUT2D eigenvalue weighted by Gasteiger charge is 2.47. The number of aromatic nitrogens is 4. The van der Waals surface area contributed by atoms with Crippen molar-refractivity contribution in [3.8, 4) is 11.3 Å². The molecule has 67 heavy (non-hydrogen) atoms. The van der Waals surface area contributed by atoms with Crippen LogP contribution >= 0.6 is 0 Å². The van der Waals surface area contributed by atoms with Gasteiger partial charge in [0.15, 0.2) is 11.5 Å². The van der Waals surface area contributed by atoms with Crippen molar-refractivity contribution in [2.24, 2.45) is 11.8 Å². The number of amides is 6. The van der Waals surface area contributed by atoms with Crippen LogP contribution in [-0.2, 0) is 33.5 Å². The van der Waals surface area contributed by atoms with E-state index in [0.717, 1.165) is 56.6 Å². The summed E-state index contributed by atoms with van der Waals surface area (Å²) >= 11 is 0. The van der Waals surface area contributed by atoms with E-state index in [0.29, 0.717) is 54.6 Å². The lowest BCUT2D eigenvalue weighted by Gasteiger charge is -2.43. The Labute approximate surface area is 384 Å². The Morgan fingerprint density at radius 3 is 2.36 bits per heavy atom. The Morgan fingerprint density at radius 1 is 0.910 bits per heavy atom. The van der Waals surface area contributed by atoms with Crippen LogP contribution in [0.15, 0.2) is 85.0 Å². The van der Waals surface area contributed by atoms with Crippen LogP contribution in [0.2, 0.25) is 0 Å². The normalized spacial score (nSPS) is 20.3.